The summed E-state index contributed by atoms with van der Waals surface area (Å²) in [5.41, 5.74) is 1.13. The monoisotopic (exact) mass is 310 g/mol. The highest BCUT2D eigenvalue weighted by molar-refractivity contribution is 7.90. The van der Waals surface area contributed by atoms with Crippen LogP contribution in [0.1, 0.15) is 42.5 Å². The van der Waals surface area contributed by atoms with E-state index < -0.39 is 15.9 Å². The maximum absolute atomic E-state index is 12.0. The van der Waals surface area contributed by atoms with Crippen LogP contribution in [-0.4, -0.2) is 35.0 Å². The lowest BCUT2D eigenvalue weighted by Gasteiger charge is -2.05. The summed E-state index contributed by atoms with van der Waals surface area (Å²) in [6.45, 7) is 3.76. The van der Waals surface area contributed by atoms with E-state index in [0.717, 1.165) is 12.8 Å². The molecule has 0 aromatic carbocycles. The normalized spacial score (nSPS) is 11.7. The summed E-state index contributed by atoms with van der Waals surface area (Å²) in [7, 11) is -3.62. The Labute approximate surface area is 123 Å². The van der Waals surface area contributed by atoms with E-state index in [1.165, 1.54) is 6.07 Å². The molecule has 0 radical (unpaired) electrons. The molecule has 2 N–H and O–H groups in total. The molecule has 2 aromatic heterocycles. The fourth-order valence-corrected chi connectivity index (χ4v) is 3.00. The molecule has 1 amide bonds. The quantitative estimate of drug-likeness (QED) is 0.787. The lowest BCUT2D eigenvalue weighted by molar-refractivity contribution is 0.0977. The number of fused-ring (bicyclic) bond motifs is 1. The topological polar surface area (TPSA) is 105 Å². The fraction of sp³-hybridized carbons (Fsp3) is 0.462. The number of nitrogens with zero attached hydrogens (tertiary/aromatic N) is 2. The van der Waals surface area contributed by atoms with Crippen LogP contribution in [0.25, 0.3) is 11.2 Å². The van der Waals surface area contributed by atoms with Gasteiger partial charge in [0.2, 0.25) is 10.0 Å². The van der Waals surface area contributed by atoms with Gasteiger partial charge in [-0.15, -0.1) is 0 Å². The SMILES string of the molecule is CCCCCS(=O)(=O)NC(=O)c1ccc2[nH]c(C)nc2n1. The van der Waals surface area contributed by atoms with Crippen molar-refractivity contribution < 1.29 is 13.2 Å². The van der Waals surface area contributed by atoms with E-state index in [1.807, 2.05) is 11.6 Å². The second kappa shape index (κ2) is 6.21. The van der Waals surface area contributed by atoms with Crippen LogP contribution in [-0.2, 0) is 10.0 Å². The van der Waals surface area contributed by atoms with Crippen LogP contribution >= 0.6 is 0 Å². The van der Waals surface area contributed by atoms with Gasteiger partial charge in [-0.1, -0.05) is 19.8 Å². The number of aromatic amines is 1. The average Bonchev–Trinajstić information content (AvgIpc) is 2.77. The molecule has 0 atom stereocenters. The van der Waals surface area contributed by atoms with Gasteiger partial charge < -0.3 is 4.98 Å². The number of imidazole rings is 1. The number of rotatable bonds is 6. The molecular formula is C13H18N4O3S. The molecule has 7 nitrogen and oxygen atoms in total. The van der Waals surface area contributed by atoms with Crippen molar-refractivity contribution in [1.29, 1.82) is 0 Å². The van der Waals surface area contributed by atoms with E-state index in [-0.39, 0.29) is 11.4 Å². The molecule has 0 spiro atoms. The third kappa shape index (κ3) is 4.01. The van der Waals surface area contributed by atoms with Gasteiger partial charge in [-0.25, -0.2) is 23.1 Å². The molecule has 2 aromatic rings. The highest BCUT2D eigenvalue weighted by atomic mass is 32.2. The zero-order valence-electron chi connectivity index (χ0n) is 12.0. The Hall–Kier alpha value is -1.96. The third-order valence-corrected chi connectivity index (χ3v) is 4.28. The zero-order valence-corrected chi connectivity index (χ0v) is 12.8. The molecule has 0 aliphatic carbocycles. The predicted octanol–water partition coefficient (Wildman–Crippen LogP) is 1.52. The van der Waals surface area contributed by atoms with Crippen molar-refractivity contribution in [3.8, 4) is 0 Å². The van der Waals surface area contributed by atoms with E-state index in [0.29, 0.717) is 23.4 Å². The number of aryl methyl sites for hydroxylation is 1. The fourth-order valence-electron chi connectivity index (χ4n) is 1.93. The maximum Gasteiger partial charge on any atom is 0.283 e. The van der Waals surface area contributed by atoms with Crippen LogP contribution in [0, 0.1) is 6.92 Å². The Kier molecular flexibility index (Phi) is 4.56. The van der Waals surface area contributed by atoms with E-state index in [2.05, 4.69) is 15.0 Å². The second-order valence-corrected chi connectivity index (χ2v) is 6.69. The average molecular weight is 310 g/mol. The number of aromatic nitrogens is 3. The Morgan fingerprint density at radius 1 is 1.29 bits per heavy atom. The molecule has 21 heavy (non-hydrogen) atoms. The van der Waals surface area contributed by atoms with Crippen LogP contribution in [0.4, 0.5) is 0 Å². The number of hydrogen-bond acceptors (Lipinski definition) is 5. The van der Waals surface area contributed by atoms with Gasteiger partial charge in [0.15, 0.2) is 5.65 Å². The lowest BCUT2D eigenvalue weighted by atomic mass is 10.3. The number of carbonyl (C=O) groups excluding carboxylic acids is 1. The van der Waals surface area contributed by atoms with Gasteiger partial charge in [0.1, 0.15) is 11.5 Å². The van der Waals surface area contributed by atoms with Crippen molar-refractivity contribution in [1.82, 2.24) is 19.7 Å². The molecule has 0 aliphatic heterocycles. The highest BCUT2D eigenvalue weighted by Gasteiger charge is 2.17. The minimum absolute atomic E-state index is 0.0352. The molecule has 0 saturated carbocycles. The van der Waals surface area contributed by atoms with Crippen LogP contribution in [0.15, 0.2) is 12.1 Å². The Balaban J connectivity index is 2.11. The summed E-state index contributed by atoms with van der Waals surface area (Å²) in [6, 6.07) is 3.12. The molecule has 0 saturated heterocycles. The van der Waals surface area contributed by atoms with Gasteiger partial charge in [-0.3, -0.25) is 4.79 Å². The summed E-state index contributed by atoms with van der Waals surface area (Å²) in [5.74, 6) is -0.104. The summed E-state index contributed by atoms with van der Waals surface area (Å²) in [6.07, 6.45) is 2.26. The van der Waals surface area contributed by atoms with Crippen molar-refractivity contribution in [2.24, 2.45) is 0 Å². The van der Waals surface area contributed by atoms with Crippen molar-refractivity contribution in [2.45, 2.75) is 33.1 Å². The van der Waals surface area contributed by atoms with Crippen LogP contribution in [0.3, 0.4) is 0 Å². The van der Waals surface area contributed by atoms with Gasteiger partial charge in [0.05, 0.1) is 11.3 Å². The summed E-state index contributed by atoms with van der Waals surface area (Å²) in [4.78, 5) is 23.1. The number of nitrogens with one attached hydrogen (secondary N) is 2. The Morgan fingerprint density at radius 3 is 2.76 bits per heavy atom. The number of pyridine rings is 1. The first-order chi connectivity index (χ1) is 9.91. The number of hydrogen-bond donors (Lipinski definition) is 2. The zero-order chi connectivity index (χ0) is 15.5. The molecule has 0 fully saturated rings. The number of unbranched alkanes of at least 4 members (excludes halogenated alkanes) is 2. The predicted molar refractivity (Wildman–Crippen MR) is 79.4 cm³/mol. The molecular weight excluding hydrogens is 292 g/mol. The van der Waals surface area contributed by atoms with E-state index >= 15 is 0 Å². The van der Waals surface area contributed by atoms with Crippen molar-refractivity contribution in [3.63, 3.8) is 0 Å². The van der Waals surface area contributed by atoms with E-state index in [4.69, 9.17) is 0 Å². The van der Waals surface area contributed by atoms with Crippen molar-refractivity contribution in [2.75, 3.05) is 5.75 Å². The number of amides is 1. The first kappa shape index (κ1) is 15.4. The van der Waals surface area contributed by atoms with Gasteiger partial charge in [-0.05, 0) is 25.5 Å². The highest BCUT2D eigenvalue weighted by Crippen LogP contribution is 2.10. The van der Waals surface area contributed by atoms with Crippen LogP contribution in [0.2, 0.25) is 0 Å². The standard InChI is InChI=1S/C13H18N4O3S/c1-3-4-5-8-21(19,20)17-13(18)11-7-6-10-12(16-11)15-9(2)14-10/h6-7H,3-5,8H2,1-2H3,(H,17,18)(H,14,15,16). The third-order valence-electron chi connectivity index (χ3n) is 2.96. The molecule has 0 unspecified atom stereocenters. The van der Waals surface area contributed by atoms with E-state index in [9.17, 15) is 13.2 Å². The second-order valence-electron chi connectivity index (χ2n) is 4.85. The minimum Gasteiger partial charge on any atom is -0.341 e. The van der Waals surface area contributed by atoms with Crippen LogP contribution in [0.5, 0.6) is 0 Å². The molecule has 2 rings (SSSR count). The molecule has 0 aliphatic rings. The van der Waals surface area contributed by atoms with Gasteiger partial charge in [0, 0.05) is 0 Å². The van der Waals surface area contributed by atoms with Gasteiger partial charge in [-0.2, -0.15) is 0 Å². The molecule has 2 heterocycles. The van der Waals surface area contributed by atoms with Gasteiger partial charge in [0.25, 0.3) is 5.91 Å². The van der Waals surface area contributed by atoms with Crippen LogP contribution < -0.4 is 4.72 Å². The lowest BCUT2D eigenvalue weighted by Crippen LogP contribution is -2.33. The number of carbonyl (C=O) groups is 1. The number of sulfonamides is 1. The molecule has 0 bridgehead atoms. The maximum atomic E-state index is 12.0. The Bertz CT molecular complexity index is 752. The first-order valence-electron chi connectivity index (χ1n) is 6.79. The summed E-state index contributed by atoms with van der Waals surface area (Å²) in [5, 5.41) is 0. The van der Waals surface area contributed by atoms with E-state index in [1.54, 1.807) is 13.0 Å². The Morgan fingerprint density at radius 2 is 2.05 bits per heavy atom. The smallest absolute Gasteiger partial charge is 0.283 e. The summed E-state index contributed by atoms with van der Waals surface area (Å²) < 4.78 is 25.6. The van der Waals surface area contributed by atoms with Crippen molar-refractivity contribution >= 4 is 27.1 Å². The van der Waals surface area contributed by atoms with Gasteiger partial charge >= 0.3 is 0 Å². The number of H-pyrrole nitrogens is 1. The molecule has 8 heteroatoms. The molecule has 114 valence electrons. The van der Waals surface area contributed by atoms with Crippen molar-refractivity contribution in [3.05, 3.63) is 23.7 Å². The minimum atomic E-state index is -3.62. The summed E-state index contributed by atoms with van der Waals surface area (Å²) >= 11 is 0. The first-order valence-corrected chi connectivity index (χ1v) is 8.44. The largest absolute Gasteiger partial charge is 0.341 e.